The van der Waals surface area contributed by atoms with Gasteiger partial charge in [-0.1, -0.05) is 0 Å². The van der Waals surface area contributed by atoms with Crippen LogP contribution in [0.15, 0.2) is 24.7 Å². The lowest BCUT2D eigenvalue weighted by molar-refractivity contribution is -0.142. The first-order valence-electron chi connectivity index (χ1n) is 6.02. The van der Waals surface area contributed by atoms with Crippen LogP contribution in [-0.2, 0) is 4.79 Å². The summed E-state index contributed by atoms with van der Waals surface area (Å²) in [4.78, 5) is 17.4. The third-order valence-corrected chi connectivity index (χ3v) is 3.45. The molecule has 1 aliphatic rings. The number of carbonyl (C=O) groups is 1. The molecule has 6 heteroatoms. The second kappa shape index (κ2) is 4.29. The van der Waals surface area contributed by atoms with Gasteiger partial charge in [0.1, 0.15) is 5.52 Å². The van der Waals surface area contributed by atoms with Crippen LogP contribution in [0.2, 0.25) is 0 Å². The minimum atomic E-state index is -0.690. The van der Waals surface area contributed by atoms with Gasteiger partial charge in [0.25, 0.3) is 0 Å². The predicted octanol–water partition coefficient (Wildman–Crippen LogP) is 1.03. The Morgan fingerprint density at radius 3 is 2.83 bits per heavy atom. The van der Waals surface area contributed by atoms with Gasteiger partial charge >= 0.3 is 5.97 Å². The molecule has 0 amide bonds. The Labute approximate surface area is 104 Å². The van der Waals surface area contributed by atoms with E-state index >= 15 is 0 Å². The molecular weight excluding hydrogens is 232 g/mol. The topological polar surface area (TPSA) is 70.7 Å². The summed E-state index contributed by atoms with van der Waals surface area (Å²) in [5.74, 6) is -0.0186. The monoisotopic (exact) mass is 246 g/mol. The molecule has 1 aliphatic heterocycles. The number of carboxylic acids is 1. The van der Waals surface area contributed by atoms with E-state index in [1.165, 1.54) is 0 Å². The van der Waals surface area contributed by atoms with Gasteiger partial charge in [0, 0.05) is 25.5 Å². The maximum atomic E-state index is 10.9. The molecule has 0 aliphatic carbocycles. The first-order valence-corrected chi connectivity index (χ1v) is 6.02. The number of piperidine rings is 1. The number of rotatable bonds is 2. The lowest BCUT2D eigenvalue weighted by Crippen LogP contribution is -2.37. The third kappa shape index (κ3) is 1.79. The quantitative estimate of drug-likeness (QED) is 0.857. The number of aliphatic carboxylic acids is 1. The summed E-state index contributed by atoms with van der Waals surface area (Å²) < 4.78 is 1.78. The van der Waals surface area contributed by atoms with Gasteiger partial charge in [-0.25, -0.2) is 9.50 Å². The van der Waals surface area contributed by atoms with Gasteiger partial charge in [-0.05, 0) is 18.9 Å². The smallest absolute Gasteiger partial charge is 0.306 e. The lowest BCUT2D eigenvalue weighted by atomic mass is 9.97. The molecule has 3 rings (SSSR count). The number of aromatic nitrogens is 3. The van der Waals surface area contributed by atoms with Crippen molar-refractivity contribution in [3.8, 4) is 0 Å². The average Bonchev–Trinajstić information content (AvgIpc) is 2.87. The van der Waals surface area contributed by atoms with E-state index in [1.54, 1.807) is 16.9 Å². The number of anilines is 1. The van der Waals surface area contributed by atoms with Crippen molar-refractivity contribution in [1.29, 1.82) is 0 Å². The van der Waals surface area contributed by atoms with Gasteiger partial charge in [-0.15, -0.1) is 0 Å². The molecule has 2 aromatic rings. The standard InChI is InChI=1S/C12H14N4O2/c17-12(18)9-2-6-15(7-3-9)11-10-1-4-14-16(10)8-5-13-11/h1,4-5,8-9H,2-3,6-7H2,(H,17,18). The molecule has 0 unspecified atom stereocenters. The van der Waals surface area contributed by atoms with Crippen molar-refractivity contribution < 1.29 is 9.90 Å². The van der Waals surface area contributed by atoms with Crippen molar-refractivity contribution in [3.05, 3.63) is 24.7 Å². The minimum Gasteiger partial charge on any atom is -0.481 e. The first kappa shape index (κ1) is 11.0. The van der Waals surface area contributed by atoms with E-state index in [1.807, 2.05) is 12.3 Å². The van der Waals surface area contributed by atoms with Crippen LogP contribution in [0, 0.1) is 5.92 Å². The second-order valence-corrected chi connectivity index (χ2v) is 4.51. The fourth-order valence-electron chi connectivity index (χ4n) is 2.43. The van der Waals surface area contributed by atoms with E-state index in [0.717, 1.165) is 24.4 Å². The summed E-state index contributed by atoms with van der Waals surface area (Å²) in [6, 6.07) is 1.92. The molecule has 1 fully saturated rings. The van der Waals surface area contributed by atoms with Crippen LogP contribution >= 0.6 is 0 Å². The van der Waals surface area contributed by atoms with Crippen molar-refractivity contribution >= 4 is 17.3 Å². The molecule has 0 saturated carbocycles. The Morgan fingerprint density at radius 2 is 2.11 bits per heavy atom. The molecule has 2 aromatic heterocycles. The number of nitrogens with zero attached hydrogens (tertiary/aromatic N) is 4. The highest BCUT2D eigenvalue weighted by Gasteiger charge is 2.25. The zero-order chi connectivity index (χ0) is 12.5. The molecule has 18 heavy (non-hydrogen) atoms. The zero-order valence-electron chi connectivity index (χ0n) is 9.86. The van der Waals surface area contributed by atoms with Crippen LogP contribution in [0.1, 0.15) is 12.8 Å². The number of fused-ring (bicyclic) bond motifs is 1. The fourth-order valence-corrected chi connectivity index (χ4v) is 2.43. The Kier molecular flexibility index (Phi) is 2.62. The van der Waals surface area contributed by atoms with E-state index in [0.29, 0.717) is 12.8 Å². The summed E-state index contributed by atoms with van der Waals surface area (Å²) in [6.07, 6.45) is 6.62. The molecule has 3 heterocycles. The maximum absolute atomic E-state index is 10.9. The number of hydrogen-bond donors (Lipinski definition) is 1. The first-order chi connectivity index (χ1) is 8.75. The predicted molar refractivity (Wildman–Crippen MR) is 65.6 cm³/mol. The normalized spacial score (nSPS) is 17.2. The van der Waals surface area contributed by atoms with Gasteiger partial charge in [-0.3, -0.25) is 4.79 Å². The number of carboxylic acid groups (broad SMARTS) is 1. The van der Waals surface area contributed by atoms with Crippen LogP contribution in [0.4, 0.5) is 5.82 Å². The van der Waals surface area contributed by atoms with Gasteiger partial charge in [0.2, 0.25) is 0 Å². The van der Waals surface area contributed by atoms with Crippen LogP contribution in [0.25, 0.3) is 5.52 Å². The lowest BCUT2D eigenvalue weighted by Gasteiger charge is -2.31. The highest BCUT2D eigenvalue weighted by atomic mass is 16.4. The van der Waals surface area contributed by atoms with Crippen molar-refractivity contribution in [1.82, 2.24) is 14.6 Å². The SMILES string of the molecule is O=C(O)C1CCN(c2nccn3nccc23)CC1. The fraction of sp³-hybridized carbons (Fsp3) is 0.417. The summed E-state index contributed by atoms with van der Waals surface area (Å²) in [7, 11) is 0. The van der Waals surface area contributed by atoms with Crippen LogP contribution in [0.5, 0.6) is 0 Å². The highest BCUT2D eigenvalue weighted by Crippen LogP contribution is 2.24. The molecule has 1 saturated heterocycles. The Balaban J connectivity index is 1.84. The summed E-state index contributed by atoms with van der Waals surface area (Å²) in [5, 5.41) is 13.2. The van der Waals surface area contributed by atoms with Gasteiger partial charge < -0.3 is 10.0 Å². The van der Waals surface area contributed by atoms with Gasteiger partial charge in [0.15, 0.2) is 5.82 Å². The molecule has 6 nitrogen and oxygen atoms in total. The third-order valence-electron chi connectivity index (χ3n) is 3.45. The largest absolute Gasteiger partial charge is 0.481 e. The van der Waals surface area contributed by atoms with E-state index in [-0.39, 0.29) is 5.92 Å². The van der Waals surface area contributed by atoms with Crippen molar-refractivity contribution in [2.45, 2.75) is 12.8 Å². The molecule has 0 aromatic carbocycles. The van der Waals surface area contributed by atoms with Gasteiger partial charge in [-0.2, -0.15) is 5.10 Å². The molecule has 0 atom stereocenters. The number of hydrogen-bond acceptors (Lipinski definition) is 4. The van der Waals surface area contributed by atoms with E-state index in [2.05, 4.69) is 15.0 Å². The van der Waals surface area contributed by atoms with Crippen LogP contribution in [0.3, 0.4) is 0 Å². The van der Waals surface area contributed by atoms with E-state index < -0.39 is 5.97 Å². The molecule has 0 bridgehead atoms. The zero-order valence-corrected chi connectivity index (χ0v) is 9.86. The molecule has 1 N–H and O–H groups in total. The van der Waals surface area contributed by atoms with Crippen molar-refractivity contribution in [2.75, 3.05) is 18.0 Å². The Bertz CT molecular complexity index is 572. The average molecular weight is 246 g/mol. The van der Waals surface area contributed by atoms with Crippen molar-refractivity contribution in [3.63, 3.8) is 0 Å². The Hall–Kier alpha value is -2.11. The van der Waals surface area contributed by atoms with Gasteiger partial charge in [0.05, 0.1) is 12.1 Å². The summed E-state index contributed by atoms with van der Waals surface area (Å²) in [5.41, 5.74) is 0.964. The molecular formula is C12H14N4O2. The highest BCUT2D eigenvalue weighted by molar-refractivity contribution is 5.72. The second-order valence-electron chi connectivity index (χ2n) is 4.51. The van der Waals surface area contributed by atoms with Crippen LogP contribution in [-0.4, -0.2) is 38.8 Å². The van der Waals surface area contributed by atoms with Crippen molar-refractivity contribution in [2.24, 2.45) is 5.92 Å². The minimum absolute atomic E-state index is 0.217. The van der Waals surface area contributed by atoms with E-state index in [9.17, 15) is 4.79 Å². The molecule has 0 radical (unpaired) electrons. The summed E-state index contributed by atoms with van der Waals surface area (Å²) >= 11 is 0. The molecule has 0 spiro atoms. The van der Waals surface area contributed by atoms with Crippen LogP contribution < -0.4 is 4.90 Å². The Morgan fingerprint density at radius 1 is 1.33 bits per heavy atom. The molecule has 94 valence electrons. The maximum Gasteiger partial charge on any atom is 0.306 e. The van der Waals surface area contributed by atoms with E-state index in [4.69, 9.17) is 5.11 Å². The summed E-state index contributed by atoms with van der Waals surface area (Å²) in [6.45, 7) is 1.46.